The van der Waals surface area contributed by atoms with Gasteiger partial charge >= 0.3 is 0 Å². The monoisotopic (exact) mass is 287 g/mol. The quantitative estimate of drug-likeness (QED) is 0.628. The van der Waals surface area contributed by atoms with Crippen molar-refractivity contribution in [1.82, 2.24) is 9.88 Å². The van der Waals surface area contributed by atoms with Gasteiger partial charge in [0, 0.05) is 37.1 Å². The molecule has 0 aliphatic rings. The predicted octanol–water partition coefficient (Wildman–Crippen LogP) is 3.19. The molecule has 0 bridgehead atoms. The summed E-state index contributed by atoms with van der Waals surface area (Å²) in [5.74, 6) is 0.616. The molecule has 0 fully saturated rings. The van der Waals surface area contributed by atoms with Gasteiger partial charge in [0.15, 0.2) is 0 Å². The topological polar surface area (TPSA) is 60.1 Å². The second-order valence-corrected chi connectivity index (χ2v) is 5.58. The summed E-state index contributed by atoms with van der Waals surface area (Å²) in [4.78, 5) is 10.5. The van der Waals surface area contributed by atoms with Crippen molar-refractivity contribution in [2.24, 2.45) is 5.92 Å². The van der Waals surface area contributed by atoms with Crippen molar-refractivity contribution in [3.05, 3.63) is 64.0 Å². The van der Waals surface area contributed by atoms with Gasteiger partial charge in [0.2, 0.25) is 0 Å². The Morgan fingerprint density at radius 2 is 2.10 bits per heavy atom. The van der Waals surface area contributed by atoms with Crippen LogP contribution >= 0.6 is 0 Å². The highest BCUT2D eigenvalue weighted by Crippen LogP contribution is 2.15. The number of rotatable bonds is 7. The summed E-state index contributed by atoms with van der Waals surface area (Å²) < 4.78 is 2.12. The van der Waals surface area contributed by atoms with Crippen molar-refractivity contribution in [3.8, 4) is 0 Å². The van der Waals surface area contributed by atoms with Crippen LogP contribution in [0.25, 0.3) is 0 Å². The number of nitro groups is 1. The number of non-ortho nitro benzene ring substituents is 1. The van der Waals surface area contributed by atoms with E-state index < -0.39 is 0 Å². The Labute approximate surface area is 124 Å². The lowest BCUT2D eigenvalue weighted by Gasteiger charge is -2.11. The summed E-state index contributed by atoms with van der Waals surface area (Å²) in [5.41, 5.74) is 2.26. The predicted molar refractivity (Wildman–Crippen MR) is 83.2 cm³/mol. The van der Waals surface area contributed by atoms with E-state index >= 15 is 0 Å². The Bertz CT molecular complexity index is 605. The third kappa shape index (κ3) is 4.43. The number of nitrogens with one attached hydrogen (secondary N) is 1. The fourth-order valence-electron chi connectivity index (χ4n) is 2.22. The maximum absolute atomic E-state index is 10.8. The lowest BCUT2D eigenvalue weighted by molar-refractivity contribution is -0.384. The zero-order chi connectivity index (χ0) is 15.2. The number of hydrogen-bond donors (Lipinski definition) is 1. The van der Waals surface area contributed by atoms with Crippen LogP contribution in [0.1, 0.15) is 25.1 Å². The molecular weight excluding hydrogens is 266 g/mol. The lowest BCUT2D eigenvalue weighted by atomic mass is 10.2. The molecule has 5 heteroatoms. The molecule has 0 atom stereocenters. The van der Waals surface area contributed by atoms with Crippen molar-refractivity contribution in [2.45, 2.75) is 26.9 Å². The van der Waals surface area contributed by atoms with E-state index in [-0.39, 0.29) is 10.6 Å². The largest absolute Gasteiger partial charge is 0.346 e. The van der Waals surface area contributed by atoms with Gasteiger partial charge in [-0.2, -0.15) is 0 Å². The average molecular weight is 287 g/mol. The number of hydrogen-bond acceptors (Lipinski definition) is 3. The summed E-state index contributed by atoms with van der Waals surface area (Å²) in [7, 11) is 0. The number of aromatic nitrogens is 1. The minimum atomic E-state index is -0.357. The zero-order valence-electron chi connectivity index (χ0n) is 12.5. The molecule has 2 aromatic rings. The van der Waals surface area contributed by atoms with Gasteiger partial charge in [0.1, 0.15) is 0 Å². The van der Waals surface area contributed by atoms with E-state index in [1.165, 1.54) is 11.8 Å². The Morgan fingerprint density at radius 3 is 2.81 bits per heavy atom. The van der Waals surface area contributed by atoms with Gasteiger partial charge in [-0.05, 0) is 30.2 Å². The van der Waals surface area contributed by atoms with Crippen molar-refractivity contribution in [2.75, 3.05) is 6.54 Å². The molecule has 5 nitrogen and oxygen atoms in total. The molecule has 0 aliphatic carbocycles. The van der Waals surface area contributed by atoms with E-state index in [0.29, 0.717) is 12.5 Å². The molecule has 0 unspecified atom stereocenters. The molecule has 0 aliphatic heterocycles. The molecule has 0 amide bonds. The average Bonchev–Trinajstić information content (AvgIpc) is 2.86. The van der Waals surface area contributed by atoms with Crippen molar-refractivity contribution in [1.29, 1.82) is 0 Å². The lowest BCUT2D eigenvalue weighted by Crippen LogP contribution is -2.20. The third-order valence-corrected chi connectivity index (χ3v) is 3.26. The van der Waals surface area contributed by atoms with Crippen LogP contribution in [0.2, 0.25) is 0 Å². The first-order valence-corrected chi connectivity index (χ1v) is 7.14. The minimum absolute atomic E-state index is 0.138. The summed E-state index contributed by atoms with van der Waals surface area (Å²) in [6.07, 6.45) is 2.01. The van der Waals surface area contributed by atoms with Crippen LogP contribution in [0, 0.1) is 16.0 Å². The summed E-state index contributed by atoms with van der Waals surface area (Å²) in [6.45, 7) is 6.78. The van der Waals surface area contributed by atoms with Crippen molar-refractivity contribution in [3.63, 3.8) is 0 Å². The molecule has 0 radical (unpaired) electrons. The van der Waals surface area contributed by atoms with Crippen LogP contribution in [-0.2, 0) is 13.1 Å². The Morgan fingerprint density at radius 1 is 1.29 bits per heavy atom. The SMILES string of the molecule is CC(C)CNCc1cccn1Cc1cccc([N+](=O)[O-])c1. The summed E-state index contributed by atoms with van der Waals surface area (Å²) >= 11 is 0. The summed E-state index contributed by atoms with van der Waals surface area (Å²) in [5, 5.41) is 14.2. The van der Waals surface area contributed by atoms with E-state index in [1.54, 1.807) is 12.1 Å². The highest BCUT2D eigenvalue weighted by molar-refractivity contribution is 5.34. The molecule has 1 heterocycles. The maximum Gasteiger partial charge on any atom is 0.269 e. The van der Waals surface area contributed by atoms with Crippen molar-refractivity contribution >= 4 is 5.69 Å². The van der Waals surface area contributed by atoms with Crippen LogP contribution in [0.4, 0.5) is 5.69 Å². The molecule has 1 N–H and O–H groups in total. The van der Waals surface area contributed by atoms with Crippen LogP contribution in [-0.4, -0.2) is 16.0 Å². The Hall–Kier alpha value is -2.14. The van der Waals surface area contributed by atoms with E-state index in [2.05, 4.69) is 29.8 Å². The van der Waals surface area contributed by atoms with Crippen LogP contribution in [0.15, 0.2) is 42.6 Å². The highest BCUT2D eigenvalue weighted by atomic mass is 16.6. The second kappa shape index (κ2) is 7.04. The van der Waals surface area contributed by atoms with Crippen LogP contribution in [0.5, 0.6) is 0 Å². The van der Waals surface area contributed by atoms with Gasteiger partial charge in [-0.15, -0.1) is 0 Å². The van der Waals surface area contributed by atoms with E-state index in [0.717, 1.165) is 18.7 Å². The zero-order valence-corrected chi connectivity index (χ0v) is 12.5. The van der Waals surface area contributed by atoms with Crippen LogP contribution < -0.4 is 5.32 Å². The van der Waals surface area contributed by atoms with E-state index in [4.69, 9.17) is 0 Å². The minimum Gasteiger partial charge on any atom is -0.346 e. The molecule has 0 spiro atoms. The fourth-order valence-corrected chi connectivity index (χ4v) is 2.22. The molecule has 1 aromatic heterocycles. The van der Waals surface area contributed by atoms with E-state index in [9.17, 15) is 10.1 Å². The maximum atomic E-state index is 10.8. The van der Waals surface area contributed by atoms with Gasteiger partial charge in [-0.3, -0.25) is 10.1 Å². The summed E-state index contributed by atoms with van der Waals surface area (Å²) in [6, 6.07) is 10.9. The molecular formula is C16H21N3O2. The normalized spacial score (nSPS) is 11.0. The van der Waals surface area contributed by atoms with Gasteiger partial charge in [0.05, 0.1) is 4.92 Å². The van der Waals surface area contributed by atoms with E-state index in [1.807, 2.05) is 18.3 Å². The van der Waals surface area contributed by atoms with Gasteiger partial charge in [0.25, 0.3) is 5.69 Å². The molecule has 21 heavy (non-hydrogen) atoms. The van der Waals surface area contributed by atoms with Crippen molar-refractivity contribution < 1.29 is 4.92 Å². The number of nitrogens with zero attached hydrogens (tertiary/aromatic N) is 2. The molecule has 1 aromatic carbocycles. The number of benzene rings is 1. The van der Waals surface area contributed by atoms with Crippen LogP contribution in [0.3, 0.4) is 0 Å². The van der Waals surface area contributed by atoms with Gasteiger partial charge < -0.3 is 9.88 Å². The Balaban J connectivity index is 2.04. The fraction of sp³-hybridized carbons (Fsp3) is 0.375. The first-order chi connectivity index (χ1) is 10.1. The highest BCUT2D eigenvalue weighted by Gasteiger charge is 2.07. The van der Waals surface area contributed by atoms with Gasteiger partial charge in [-0.1, -0.05) is 26.0 Å². The Kier molecular flexibility index (Phi) is 5.11. The molecule has 2 rings (SSSR count). The molecule has 112 valence electrons. The molecule has 0 saturated carbocycles. The van der Waals surface area contributed by atoms with Gasteiger partial charge in [-0.25, -0.2) is 0 Å². The standard InChI is InChI=1S/C16H21N3O2/c1-13(2)10-17-11-16-7-4-8-18(16)12-14-5-3-6-15(9-14)19(20)21/h3-9,13,17H,10-12H2,1-2H3. The second-order valence-electron chi connectivity index (χ2n) is 5.58. The molecule has 0 saturated heterocycles. The smallest absolute Gasteiger partial charge is 0.269 e. The first-order valence-electron chi connectivity index (χ1n) is 7.14. The first kappa shape index (κ1) is 15.3. The third-order valence-electron chi connectivity index (χ3n) is 3.26. The number of nitro benzene ring substituents is 1.